The van der Waals surface area contributed by atoms with Gasteiger partial charge in [0.2, 0.25) is 5.91 Å². The fraction of sp³-hybridized carbons (Fsp3) is 0.174. The number of hydrogen-bond donors (Lipinski definition) is 1. The van der Waals surface area contributed by atoms with Crippen LogP contribution in [0.2, 0.25) is 0 Å². The molecule has 2 heterocycles. The lowest BCUT2D eigenvalue weighted by atomic mass is 10.2. The van der Waals surface area contributed by atoms with Crippen molar-refractivity contribution < 1.29 is 23.5 Å². The zero-order valence-electron chi connectivity index (χ0n) is 18.1. The smallest absolute Gasteiger partial charge is 0.302 e. The van der Waals surface area contributed by atoms with Crippen LogP contribution in [0.15, 0.2) is 76.0 Å². The van der Waals surface area contributed by atoms with E-state index in [2.05, 4.69) is 15.6 Å². The molecular formula is C23H22N5O4S+. The van der Waals surface area contributed by atoms with Crippen LogP contribution < -0.4 is 19.6 Å². The number of carbonyl (C=O) groups excluding carboxylic acids is 2. The first-order valence-electron chi connectivity index (χ1n) is 10.2. The second-order valence-corrected chi connectivity index (χ2v) is 7.92. The Morgan fingerprint density at radius 2 is 1.97 bits per heavy atom. The van der Waals surface area contributed by atoms with Crippen LogP contribution in [0.25, 0.3) is 6.08 Å². The van der Waals surface area contributed by atoms with Gasteiger partial charge in [-0.25, -0.2) is 4.99 Å². The van der Waals surface area contributed by atoms with Gasteiger partial charge in [-0.05, 0) is 42.8 Å². The van der Waals surface area contributed by atoms with Crippen LogP contribution in [0.5, 0.6) is 5.75 Å². The lowest BCUT2D eigenvalue weighted by Crippen LogP contribution is -2.31. The summed E-state index contributed by atoms with van der Waals surface area (Å²) in [5.41, 5.74) is 1.78. The number of hydrogen-bond acceptors (Lipinski definition) is 7. The topological polar surface area (TPSA) is 101 Å². The molecule has 3 aromatic rings. The minimum absolute atomic E-state index is 0.0379. The number of rotatable bonds is 7. The summed E-state index contributed by atoms with van der Waals surface area (Å²) in [4.78, 5) is 31.6. The Balaban J connectivity index is 1.54. The summed E-state index contributed by atoms with van der Waals surface area (Å²) in [6.45, 7) is 2.50. The van der Waals surface area contributed by atoms with Gasteiger partial charge in [0.15, 0.2) is 17.5 Å². The molecule has 0 saturated heterocycles. The van der Waals surface area contributed by atoms with Gasteiger partial charge in [-0.3, -0.25) is 24.3 Å². The maximum atomic E-state index is 13.2. The van der Waals surface area contributed by atoms with Crippen LogP contribution in [0.4, 0.5) is 11.6 Å². The number of aromatic nitrogens is 2. The highest BCUT2D eigenvalue weighted by Gasteiger charge is 2.32. The average molecular weight is 465 g/mol. The molecule has 168 valence electrons. The molecule has 2 amide bonds. The Kier molecular flexibility index (Phi) is 6.84. The summed E-state index contributed by atoms with van der Waals surface area (Å²) in [5, 5.41) is 6.71. The maximum Gasteiger partial charge on any atom is 0.302 e. The molecule has 0 spiro atoms. The normalized spacial score (nSPS) is 14.5. The molecule has 1 aliphatic rings. The Morgan fingerprint density at radius 1 is 1.21 bits per heavy atom. The van der Waals surface area contributed by atoms with Crippen molar-refractivity contribution in [1.82, 2.24) is 5.27 Å². The van der Waals surface area contributed by atoms with Gasteiger partial charge in [-0.1, -0.05) is 46.8 Å². The van der Waals surface area contributed by atoms with Crippen molar-refractivity contribution in [3.8, 4) is 5.75 Å². The SMILES string of the molecule is CCOc1ccc(/C=C2/N=C(SCC(=O)Nc3c[n+](C)no3)N(c3ccccc3)C2=O)cc1. The summed E-state index contributed by atoms with van der Waals surface area (Å²) in [5.74, 6) is 0.470. The zero-order chi connectivity index (χ0) is 23.2. The quantitative estimate of drug-likeness (QED) is 0.426. The second kappa shape index (κ2) is 10.1. The van der Waals surface area contributed by atoms with E-state index >= 15 is 0 Å². The summed E-state index contributed by atoms with van der Waals surface area (Å²) >= 11 is 1.16. The van der Waals surface area contributed by atoms with Crippen molar-refractivity contribution >= 4 is 46.4 Å². The first-order chi connectivity index (χ1) is 16.0. The van der Waals surface area contributed by atoms with Crippen LogP contribution in [0.1, 0.15) is 12.5 Å². The van der Waals surface area contributed by atoms with Crippen LogP contribution in [0.3, 0.4) is 0 Å². The molecule has 10 heteroatoms. The number of ether oxygens (including phenoxy) is 1. The standard InChI is InChI=1S/C23H21N5O4S/c1-3-31-18-11-9-16(10-12-18)13-19-22(30)28(17-7-5-4-6-8-17)23(24-19)33-15-20(29)25-21-14-27(2)26-32-21/h4-14H,3,15H2,1-2H3/p+1/b19-13+. The minimum Gasteiger partial charge on any atom is -0.494 e. The number of aliphatic imine (C=N–C) groups is 1. The van der Waals surface area contributed by atoms with Gasteiger partial charge in [0.25, 0.3) is 12.1 Å². The van der Waals surface area contributed by atoms with Crippen LogP contribution in [-0.4, -0.2) is 34.6 Å². The van der Waals surface area contributed by atoms with Crippen LogP contribution >= 0.6 is 11.8 Å². The van der Waals surface area contributed by atoms with Gasteiger partial charge < -0.3 is 4.74 Å². The van der Waals surface area contributed by atoms with Crippen molar-refractivity contribution in [1.29, 1.82) is 0 Å². The lowest BCUT2D eigenvalue weighted by Gasteiger charge is -2.17. The van der Waals surface area contributed by atoms with E-state index < -0.39 is 0 Å². The number of anilines is 2. The lowest BCUT2D eigenvalue weighted by molar-refractivity contribution is -0.739. The molecule has 1 aromatic heterocycles. The number of thioether (sulfide) groups is 1. The average Bonchev–Trinajstić information content (AvgIpc) is 3.36. The number of carbonyl (C=O) groups is 2. The number of nitrogens with zero attached hydrogens (tertiary/aromatic N) is 4. The number of amidine groups is 1. The van der Waals surface area contributed by atoms with Crippen LogP contribution in [0, 0.1) is 0 Å². The van der Waals surface area contributed by atoms with Crippen molar-refractivity contribution in [3.05, 3.63) is 72.1 Å². The Hall–Kier alpha value is -3.92. The van der Waals surface area contributed by atoms with E-state index in [1.165, 1.54) is 9.58 Å². The molecule has 1 N–H and O–H groups in total. The van der Waals surface area contributed by atoms with E-state index in [9.17, 15) is 9.59 Å². The number of nitrogens with one attached hydrogen (secondary N) is 1. The molecule has 0 saturated carbocycles. The molecule has 9 nitrogen and oxygen atoms in total. The number of para-hydroxylation sites is 1. The van der Waals surface area contributed by atoms with Gasteiger partial charge in [0, 0.05) is 0 Å². The van der Waals surface area contributed by atoms with Crippen molar-refractivity contribution in [2.75, 3.05) is 22.6 Å². The zero-order valence-corrected chi connectivity index (χ0v) is 18.9. The predicted octanol–water partition coefficient (Wildman–Crippen LogP) is 3.01. The van der Waals surface area contributed by atoms with Crippen molar-refractivity contribution in [3.63, 3.8) is 0 Å². The third-order valence-electron chi connectivity index (χ3n) is 4.51. The third kappa shape index (κ3) is 5.47. The van der Waals surface area contributed by atoms with E-state index in [0.717, 1.165) is 23.1 Å². The van der Waals surface area contributed by atoms with Crippen LogP contribution in [-0.2, 0) is 16.6 Å². The fourth-order valence-electron chi connectivity index (χ4n) is 3.07. The highest BCUT2D eigenvalue weighted by molar-refractivity contribution is 8.14. The largest absolute Gasteiger partial charge is 0.494 e. The summed E-state index contributed by atoms with van der Waals surface area (Å²) in [7, 11) is 1.68. The van der Waals surface area contributed by atoms with Gasteiger partial charge in [0.1, 0.15) is 11.4 Å². The van der Waals surface area contributed by atoms with Crippen molar-refractivity contribution in [2.45, 2.75) is 6.92 Å². The molecule has 0 aliphatic carbocycles. The first-order valence-corrected chi connectivity index (χ1v) is 11.2. The maximum absolute atomic E-state index is 13.2. The molecule has 0 bridgehead atoms. The number of aryl methyl sites for hydroxylation is 1. The Morgan fingerprint density at radius 3 is 2.64 bits per heavy atom. The fourth-order valence-corrected chi connectivity index (χ4v) is 3.88. The molecule has 1 aliphatic heterocycles. The Labute approximate surface area is 194 Å². The van der Waals surface area contributed by atoms with Crippen molar-refractivity contribution in [2.24, 2.45) is 12.0 Å². The van der Waals surface area contributed by atoms with E-state index in [1.54, 1.807) is 19.3 Å². The summed E-state index contributed by atoms with van der Waals surface area (Å²) < 4.78 is 11.9. The molecular weight excluding hydrogens is 442 g/mol. The van der Waals surface area contributed by atoms with E-state index in [4.69, 9.17) is 9.26 Å². The molecule has 0 radical (unpaired) electrons. The number of amides is 2. The third-order valence-corrected chi connectivity index (χ3v) is 5.44. The molecule has 0 fully saturated rings. The molecule has 4 rings (SSSR count). The Bertz CT molecular complexity index is 1210. The molecule has 0 unspecified atom stereocenters. The molecule has 2 aromatic carbocycles. The van der Waals surface area contributed by atoms with E-state index in [0.29, 0.717) is 17.5 Å². The van der Waals surface area contributed by atoms with E-state index in [1.807, 2.05) is 61.5 Å². The first kappa shape index (κ1) is 22.3. The van der Waals surface area contributed by atoms with Gasteiger partial charge in [-0.15, -0.1) is 0 Å². The number of benzene rings is 2. The molecule has 33 heavy (non-hydrogen) atoms. The highest BCUT2D eigenvalue weighted by atomic mass is 32.2. The second-order valence-electron chi connectivity index (χ2n) is 6.98. The summed E-state index contributed by atoms with van der Waals surface area (Å²) in [6.07, 6.45) is 3.27. The van der Waals surface area contributed by atoms with E-state index in [-0.39, 0.29) is 29.1 Å². The summed E-state index contributed by atoms with van der Waals surface area (Å²) in [6, 6.07) is 16.6. The van der Waals surface area contributed by atoms with Gasteiger partial charge in [-0.2, -0.15) is 0 Å². The van der Waals surface area contributed by atoms with Gasteiger partial charge in [0.05, 0.1) is 18.0 Å². The molecule has 0 atom stereocenters. The highest BCUT2D eigenvalue weighted by Crippen LogP contribution is 2.29. The minimum atomic E-state index is -0.302. The van der Waals surface area contributed by atoms with Gasteiger partial charge >= 0.3 is 5.88 Å². The predicted molar refractivity (Wildman–Crippen MR) is 126 cm³/mol. The monoisotopic (exact) mass is 464 g/mol.